The molecule has 4 nitrogen and oxygen atoms in total. The molecule has 1 aromatic carbocycles. The first-order chi connectivity index (χ1) is 12.0. The molecular weight excluding hydrogens is 424 g/mol. The van der Waals surface area contributed by atoms with Gasteiger partial charge in [0.25, 0.3) is 0 Å². The van der Waals surface area contributed by atoms with Gasteiger partial charge in [-0.15, -0.1) is 49.3 Å². The van der Waals surface area contributed by atoms with E-state index in [1.54, 1.807) is 11.3 Å². The predicted molar refractivity (Wildman–Crippen MR) is 105 cm³/mol. The fourth-order valence-corrected chi connectivity index (χ4v) is 3.92. The highest BCUT2D eigenvalue weighted by atomic mass is 35.5. The molecular formula is C17H21Cl2F3N2O2S. The molecule has 1 aliphatic heterocycles. The Morgan fingerprint density at radius 2 is 1.85 bits per heavy atom. The van der Waals surface area contributed by atoms with Gasteiger partial charge in [-0.05, 0) is 29.6 Å². The molecule has 0 bridgehead atoms. The molecule has 2 heterocycles. The largest absolute Gasteiger partial charge is 0.573 e. The summed E-state index contributed by atoms with van der Waals surface area (Å²) in [6.45, 7) is 3.28. The Morgan fingerprint density at radius 3 is 2.41 bits per heavy atom. The number of nitrogens with zero attached hydrogens (tertiary/aromatic N) is 1. The topological polar surface area (TPSA) is 33.7 Å². The van der Waals surface area contributed by atoms with Crippen molar-refractivity contribution in [3.63, 3.8) is 0 Å². The van der Waals surface area contributed by atoms with E-state index in [1.165, 1.54) is 25.3 Å². The van der Waals surface area contributed by atoms with Crippen LogP contribution < -0.4 is 14.8 Å². The van der Waals surface area contributed by atoms with E-state index in [9.17, 15) is 13.2 Å². The molecule has 152 valence electrons. The number of alkyl halides is 3. The molecule has 1 fully saturated rings. The van der Waals surface area contributed by atoms with Crippen LogP contribution in [0.3, 0.4) is 0 Å². The molecule has 1 aliphatic rings. The van der Waals surface area contributed by atoms with E-state index in [1.807, 2.05) is 17.5 Å². The number of hydrogen-bond acceptors (Lipinski definition) is 5. The van der Waals surface area contributed by atoms with Gasteiger partial charge >= 0.3 is 6.36 Å². The number of ether oxygens (including phenoxy) is 2. The van der Waals surface area contributed by atoms with Crippen molar-refractivity contribution >= 4 is 36.2 Å². The fraction of sp³-hybridized carbons (Fsp3) is 0.412. The summed E-state index contributed by atoms with van der Waals surface area (Å²) in [5.74, 6) is 0.312. The third-order valence-electron chi connectivity index (χ3n) is 4.06. The standard InChI is InChI=1S/C17H19F3N2O2S.2ClH/c1-23-14-5-4-12(24-17(18,19)20)11-13(14)16(15-3-2-10-25-15)22-8-6-21-7-9-22;;/h2-5,10-11,16,21H,6-9H2,1H3;2*1H/t16-;;/m0../s1. The van der Waals surface area contributed by atoms with Gasteiger partial charge in [-0.3, -0.25) is 4.90 Å². The van der Waals surface area contributed by atoms with Gasteiger partial charge < -0.3 is 14.8 Å². The van der Waals surface area contributed by atoms with Crippen molar-refractivity contribution in [2.75, 3.05) is 33.3 Å². The van der Waals surface area contributed by atoms with Crippen LogP contribution in [0.5, 0.6) is 11.5 Å². The zero-order valence-electron chi connectivity index (χ0n) is 14.5. The highest BCUT2D eigenvalue weighted by Crippen LogP contribution is 2.39. The first kappa shape index (κ1) is 23.8. The minimum Gasteiger partial charge on any atom is -0.496 e. The maximum atomic E-state index is 12.6. The number of benzene rings is 1. The lowest BCUT2D eigenvalue weighted by atomic mass is 10.0. The van der Waals surface area contributed by atoms with E-state index < -0.39 is 6.36 Å². The zero-order valence-corrected chi connectivity index (χ0v) is 16.9. The van der Waals surface area contributed by atoms with Crippen LogP contribution in [0.25, 0.3) is 0 Å². The summed E-state index contributed by atoms with van der Waals surface area (Å²) in [5, 5.41) is 5.26. The molecule has 0 spiro atoms. The summed E-state index contributed by atoms with van der Waals surface area (Å²) in [5.41, 5.74) is 0.675. The SMILES string of the molecule is COc1ccc(OC(F)(F)F)cc1[C@@H](c1cccs1)N1CCNCC1.Cl.Cl. The first-order valence-corrected chi connectivity index (χ1v) is 8.78. The maximum absolute atomic E-state index is 12.6. The highest BCUT2D eigenvalue weighted by molar-refractivity contribution is 7.10. The van der Waals surface area contributed by atoms with Crippen molar-refractivity contribution in [1.29, 1.82) is 0 Å². The summed E-state index contributed by atoms with van der Waals surface area (Å²) in [6, 6.07) is 8.00. The first-order valence-electron chi connectivity index (χ1n) is 7.90. The van der Waals surface area contributed by atoms with Crippen molar-refractivity contribution in [2.24, 2.45) is 0 Å². The second kappa shape index (κ2) is 10.4. The van der Waals surface area contributed by atoms with Crippen molar-refractivity contribution in [3.05, 3.63) is 46.2 Å². The van der Waals surface area contributed by atoms with Crippen LogP contribution in [0.2, 0.25) is 0 Å². The quantitative estimate of drug-likeness (QED) is 0.736. The molecule has 3 rings (SSSR count). The molecule has 0 radical (unpaired) electrons. The Bertz CT molecular complexity index is 696. The Balaban J connectivity index is 0.00000182. The summed E-state index contributed by atoms with van der Waals surface area (Å²) in [7, 11) is 1.52. The van der Waals surface area contributed by atoms with Gasteiger partial charge in [0.1, 0.15) is 11.5 Å². The average Bonchev–Trinajstić information content (AvgIpc) is 3.09. The van der Waals surface area contributed by atoms with Crippen LogP contribution in [0.15, 0.2) is 35.7 Å². The van der Waals surface area contributed by atoms with Crippen LogP contribution in [0, 0.1) is 0 Å². The Kier molecular flexibility index (Phi) is 9.17. The lowest BCUT2D eigenvalue weighted by Gasteiger charge is -2.35. The molecule has 1 saturated heterocycles. The monoisotopic (exact) mass is 444 g/mol. The summed E-state index contributed by atoms with van der Waals surface area (Å²) >= 11 is 1.58. The van der Waals surface area contributed by atoms with Crippen LogP contribution in [-0.2, 0) is 0 Å². The molecule has 10 heteroatoms. The average molecular weight is 445 g/mol. The number of methoxy groups -OCH3 is 1. The van der Waals surface area contributed by atoms with Gasteiger partial charge in [-0.1, -0.05) is 6.07 Å². The normalized spacial score (nSPS) is 16.0. The lowest BCUT2D eigenvalue weighted by Crippen LogP contribution is -2.45. The summed E-state index contributed by atoms with van der Waals surface area (Å²) in [4.78, 5) is 3.31. The van der Waals surface area contributed by atoms with Crippen molar-refractivity contribution in [1.82, 2.24) is 10.2 Å². The molecule has 1 aromatic heterocycles. The molecule has 0 saturated carbocycles. The van der Waals surface area contributed by atoms with Crippen LogP contribution in [0.4, 0.5) is 13.2 Å². The third kappa shape index (κ3) is 6.15. The van der Waals surface area contributed by atoms with E-state index >= 15 is 0 Å². The van der Waals surface area contributed by atoms with Crippen molar-refractivity contribution in [3.8, 4) is 11.5 Å². The van der Waals surface area contributed by atoms with Crippen molar-refractivity contribution < 1.29 is 22.6 Å². The van der Waals surface area contributed by atoms with Gasteiger partial charge in [0, 0.05) is 36.6 Å². The van der Waals surface area contributed by atoms with E-state index in [-0.39, 0.29) is 36.6 Å². The van der Waals surface area contributed by atoms with Crippen LogP contribution in [-0.4, -0.2) is 44.6 Å². The Labute approximate surface area is 172 Å². The third-order valence-corrected chi connectivity index (χ3v) is 4.98. The Hall–Kier alpha value is -1.19. The smallest absolute Gasteiger partial charge is 0.496 e. The van der Waals surface area contributed by atoms with Crippen molar-refractivity contribution in [2.45, 2.75) is 12.4 Å². The number of piperazine rings is 1. The molecule has 0 amide bonds. The highest BCUT2D eigenvalue weighted by Gasteiger charge is 2.33. The number of halogens is 5. The van der Waals surface area contributed by atoms with Gasteiger partial charge in [0.2, 0.25) is 0 Å². The number of thiophene rings is 1. The minimum atomic E-state index is -4.72. The summed E-state index contributed by atoms with van der Waals surface area (Å²) < 4.78 is 47.4. The zero-order chi connectivity index (χ0) is 17.9. The minimum absolute atomic E-state index is 0. The Morgan fingerprint density at radius 1 is 1.15 bits per heavy atom. The van der Waals surface area contributed by atoms with Crippen LogP contribution >= 0.6 is 36.2 Å². The van der Waals surface area contributed by atoms with Gasteiger partial charge in [0.05, 0.1) is 13.2 Å². The second-order valence-electron chi connectivity index (χ2n) is 5.66. The fourth-order valence-electron chi connectivity index (χ4n) is 3.04. The molecule has 1 atom stereocenters. The van der Waals surface area contributed by atoms with E-state index in [0.717, 1.165) is 31.1 Å². The molecule has 27 heavy (non-hydrogen) atoms. The maximum Gasteiger partial charge on any atom is 0.573 e. The van der Waals surface area contributed by atoms with Gasteiger partial charge in [-0.25, -0.2) is 0 Å². The molecule has 0 aliphatic carbocycles. The lowest BCUT2D eigenvalue weighted by molar-refractivity contribution is -0.274. The van der Waals surface area contributed by atoms with Gasteiger partial charge in [0.15, 0.2) is 0 Å². The number of rotatable bonds is 5. The van der Waals surface area contributed by atoms with E-state index in [2.05, 4.69) is 15.0 Å². The molecule has 2 aromatic rings. The van der Waals surface area contributed by atoms with Gasteiger partial charge in [-0.2, -0.15) is 0 Å². The molecule has 1 N–H and O–H groups in total. The second-order valence-corrected chi connectivity index (χ2v) is 6.63. The number of nitrogens with one attached hydrogen (secondary N) is 1. The molecule has 0 unspecified atom stereocenters. The number of hydrogen-bond donors (Lipinski definition) is 1. The van der Waals surface area contributed by atoms with E-state index in [4.69, 9.17) is 4.74 Å². The van der Waals surface area contributed by atoms with E-state index in [0.29, 0.717) is 11.3 Å². The predicted octanol–water partition coefficient (Wildman–Crippen LogP) is 4.49. The van der Waals surface area contributed by atoms with Crippen LogP contribution in [0.1, 0.15) is 16.5 Å². The summed E-state index contributed by atoms with van der Waals surface area (Å²) in [6.07, 6.45) is -4.72.